The van der Waals surface area contributed by atoms with E-state index in [1.165, 1.54) is 0 Å². The Morgan fingerprint density at radius 3 is 2.53 bits per heavy atom. The van der Waals surface area contributed by atoms with Crippen molar-refractivity contribution in [3.8, 4) is 0 Å². The maximum atomic E-state index is 12.8. The summed E-state index contributed by atoms with van der Waals surface area (Å²) in [5, 5.41) is 0. The van der Waals surface area contributed by atoms with Gasteiger partial charge in [-0.15, -0.1) is 0 Å². The first-order chi connectivity index (χ1) is 7.22. The minimum atomic E-state index is -2.03. The van der Waals surface area contributed by atoms with Crippen LogP contribution in [-0.4, -0.2) is 52.5 Å². The number of carbonyl (C=O) groups excluding carboxylic acids is 1. The van der Waals surface area contributed by atoms with Gasteiger partial charge in [-0.05, 0) is 6.92 Å². The van der Waals surface area contributed by atoms with Crippen LogP contribution in [0, 0.1) is 0 Å². The molecule has 0 aromatic carbocycles. The van der Waals surface area contributed by atoms with E-state index in [-0.39, 0.29) is 19.8 Å². The van der Waals surface area contributed by atoms with E-state index in [1.54, 1.807) is 14.0 Å². The van der Waals surface area contributed by atoms with Crippen LogP contribution in [0.15, 0.2) is 0 Å². The number of ether oxygens (including phenoxy) is 4. The molecule has 1 atom stereocenters. The minimum Gasteiger partial charge on any atom is -0.462 e. The zero-order valence-electron chi connectivity index (χ0n) is 9.03. The lowest BCUT2D eigenvalue weighted by Crippen LogP contribution is -2.23. The second-order valence-electron chi connectivity index (χ2n) is 2.54. The van der Waals surface area contributed by atoms with Gasteiger partial charge in [0.05, 0.1) is 33.0 Å². The van der Waals surface area contributed by atoms with Gasteiger partial charge in [0.1, 0.15) is 0 Å². The molecular formula is C9H17FO5. The van der Waals surface area contributed by atoms with Gasteiger partial charge in [0.25, 0.3) is 6.36 Å². The molecular weight excluding hydrogens is 207 g/mol. The zero-order chi connectivity index (χ0) is 11.5. The van der Waals surface area contributed by atoms with Gasteiger partial charge in [-0.2, -0.15) is 0 Å². The topological polar surface area (TPSA) is 54.0 Å². The van der Waals surface area contributed by atoms with Gasteiger partial charge in [0.15, 0.2) is 0 Å². The number of rotatable bonds is 9. The van der Waals surface area contributed by atoms with Crippen molar-refractivity contribution >= 4 is 5.97 Å². The standard InChI is InChI=1S/C9H17FO5/c1-3-14-9(11)8(10)15-7-6-13-5-4-12-2/h8H,3-7H2,1-2H3. The van der Waals surface area contributed by atoms with Crippen LogP contribution in [0.1, 0.15) is 6.92 Å². The van der Waals surface area contributed by atoms with E-state index in [2.05, 4.69) is 9.47 Å². The van der Waals surface area contributed by atoms with E-state index >= 15 is 0 Å². The van der Waals surface area contributed by atoms with Crippen molar-refractivity contribution in [1.29, 1.82) is 0 Å². The smallest absolute Gasteiger partial charge is 0.368 e. The molecule has 15 heavy (non-hydrogen) atoms. The summed E-state index contributed by atoms with van der Waals surface area (Å²) < 4.78 is 31.4. The summed E-state index contributed by atoms with van der Waals surface area (Å²) in [5.74, 6) is -1.01. The fourth-order valence-corrected chi connectivity index (χ4v) is 0.731. The molecule has 0 aliphatic heterocycles. The van der Waals surface area contributed by atoms with Gasteiger partial charge in [-0.1, -0.05) is 0 Å². The monoisotopic (exact) mass is 224 g/mol. The van der Waals surface area contributed by atoms with Crippen LogP contribution in [0.2, 0.25) is 0 Å². The highest BCUT2D eigenvalue weighted by atomic mass is 19.1. The van der Waals surface area contributed by atoms with E-state index in [1.807, 2.05) is 0 Å². The fourth-order valence-electron chi connectivity index (χ4n) is 0.731. The number of hydrogen-bond donors (Lipinski definition) is 0. The van der Waals surface area contributed by atoms with Crippen LogP contribution in [0.4, 0.5) is 4.39 Å². The molecule has 0 radical (unpaired) electrons. The average molecular weight is 224 g/mol. The molecule has 0 aliphatic rings. The van der Waals surface area contributed by atoms with Crippen LogP contribution >= 0.6 is 0 Å². The third kappa shape index (κ3) is 8.29. The number of hydrogen-bond acceptors (Lipinski definition) is 5. The molecule has 6 heteroatoms. The van der Waals surface area contributed by atoms with Crippen LogP contribution < -0.4 is 0 Å². The summed E-state index contributed by atoms with van der Waals surface area (Å²) >= 11 is 0. The van der Waals surface area contributed by atoms with Gasteiger partial charge in [0.2, 0.25) is 0 Å². The average Bonchev–Trinajstić information content (AvgIpc) is 2.23. The molecule has 1 unspecified atom stereocenters. The molecule has 0 aromatic rings. The quantitative estimate of drug-likeness (QED) is 0.422. The van der Waals surface area contributed by atoms with E-state index < -0.39 is 12.3 Å². The Labute approximate surface area is 88.4 Å². The van der Waals surface area contributed by atoms with Crippen molar-refractivity contribution in [3.63, 3.8) is 0 Å². The molecule has 90 valence electrons. The van der Waals surface area contributed by atoms with Gasteiger partial charge in [-0.3, -0.25) is 0 Å². The Morgan fingerprint density at radius 2 is 1.93 bits per heavy atom. The van der Waals surface area contributed by atoms with Crippen molar-refractivity contribution in [1.82, 2.24) is 0 Å². The van der Waals surface area contributed by atoms with Crippen molar-refractivity contribution in [2.24, 2.45) is 0 Å². The molecule has 0 amide bonds. The number of alkyl halides is 1. The van der Waals surface area contributed by atoms with Gasteiger partial charge >= 0.3 is 5.97 Å². The number of esters is 1. The maximum absolute atomic E-state index is 12.8. The third-order valence-corrected chi connectivity index (χ3v) is 1.40. The summed E-state index contributed by atoms with van der Waals surface area (Å²) in [4.78, 5) is 10.7. The highest BCUT2D eigenvalue weighted by Crippen LogP contribution is 1.97. The Hall–Kier alpha value is -0.720. The largest absolute Gasteiger partial charge is 0.462 e. The molecule has 5 nitrogen and oxygen atoms in total. The summed E-state index contributed by atoms with van der Waals surface area (Å²) in [6.07, 6.45) is -2.03. The lowest BCUT2D eigenvalue weighted by Gasteiger charge is -2.08. The molecule has 0 heterocycles. The maximum Gasteiger partial charge on any atom is 0.368 e. The second kappa shape index (κ2) is 9.82. The van der Waals surface area contributed by atoms with E-state index in [0.717, 1.165) is 0 Å². The molecule has 0 aliphatic carbocycles. The van der Waals surface area contributed by atoms with Crippen molar-refractivity contribution in [3.05, 3.63) is 0 Å². The molecule has 0 saturated carbocycles. The van der Waals surface area contributed by atoms with Crippen LogP contribution in [0.3, 0.4) is 0 Å². The Bertz CT molecular complexity index is 165. The van der Waals surface area contributed by atoms with Gasteiger partial charge in [-0.25, -0.2) is 9.18 Å². The van der Waals surface area contributed by atoms with Crippen molar-refractivity contribution in [2.45, 2.75) is 13.3 Å². The summed E-state index contributed by atoms with van der Waals surface area (Å²) in [6, 6.07) is 0. The Balaban J connectivity index is 3.30. The highest BCUT2D eigenvalue weighted by Gasteiger charge is 2.18. The van der Waals surface area contributed by atoms with Crippen molar-refractivity contribution in [2.75, 3.05) is 40.1 Å². The molecule has 0 rings (SSSR count). The molecule has 0 N–H and O–H groups in total. The van der Waals surface area contributed by atoms with E-state index in [0.29, 0.717) is 13.2 Å². The molecule has 0 fully saturated rings. The molecule has 0 saturated heterocycles. The predicted octanol–water partition coefficient (Wildman–Crippen LogP) is 0.525. The third-order valence-electron chi connectivity index (χ3n) is 1.40. The first-order valence-corrected chi connectivity index (χ1v) is 4.71. The first-order valence-electron chi connectivity index (χ1n) is 4.71. The lowest BCUT2D eigenvalue weighted by atomic mass is 10.6. The number of halogens is 1. The highest BCUT2D eigenvalue weighted by molar-refractivity contribution is 5.72. The van der Waals surface area contributed by atoms with Crippen LogP contribution in [0.5, 0.6) is 0 Å². The molecule has 0 bridgehead atoms. The zero-order valence-corrected chi connectivity index (χ0v) is 9.03. The van der Waals surface area contributed by atoms with Crippen LogP contribution in [0.25, 0.3) is 0 Å². The second-order valence-corrected chi connectivity index (χ2v) is 2.54. The lowest BCUT2D eigenvalue weighted by molar-refractivity contribution is -0.171. The summed E-state index contributed by atoms with van der Waals surface area (Å²) in [5.41, 5.74) is 0. The van der Waals surface area contributed by atoms with Gasteiger partial charge < -0.3 is 18.9 Å². The van der Waals surface area contributed by atoms with E-state index in [9.17, 15) is 9.18 Å². The van der Waals surface area contributed by atoms with Crippen molar-refractivity contribution < 1.29 is 28.1 Å². The summed E-state index contributed by atoms with van der Waals surface area (Å²) in [7, 11) is 1.55. The SMILES string of the molecule is CCOC(=O)C(F)OCCOCCOC. The summed E-state index contributed by atoms with van der Waals surface area (Å²) in [6.45, 7) is 2.82. The molecule has 0 aromatic heterocycles. The Kier molecular flexibility index (Phi) is 9.35. The number of carbonyl (C=O) groups is 1. The Morgan fingerprint density at radius 1 is 1.27 bits per heavy atom. The first kappa shape index (κ1) is 14.3. The fraction of sp³-hybridized carbons (Fsp3) is 0.889. The van der Waals surface area contributed by atoms with E-state index in [4.69, 9.17) is 9.47 Å². The predicted molar refractivity (Wildman–Crippen MR) is 50.2 cm³/mol. The number of methoxy groups -OCH3 is 1. The normalized spacial score (nSPS) is 12.5. The minimum absolute atomic E-state index is 0.00367. The van der Waals surface area contributed by atoms with Gasteiger partial charge in [0, 0.05) is 7.11 Å². The van der Waals surface area contributed by atoms with Crippen LogP contribution in [-0.2, 0) is 23.7 Å². The molecule has 0 spiro atoms.